The van der Waals surface area contributed by atoms with E-state index in [1.54, 1.807) is 25.1 Å². The van der Waals surface area contributed by atoms with Crippen molar-refractivity contribution in [1.82, 2.24) is 15.2 Å². The van der Waals surface area contributed by atoms with Gasteiger partial charge in [-0.3, -0.25) is 10.5 Å². The van der Waals surface area contributed by atoms with Gasteiger partial charge in [0.25, 0.3) is 0 Å². The molecule has 0 radical (unpaired) electrons. The number of aryl methyl sites for hydroxylation is 1. The average molecular weight is 263 g/mol. The molecule has 1 heterocycles. The smallest absolute Gasteiger partial charge is 0.179 e. The van der Waals surface area contributed by atoms with Gasteiger partial charge in [-0.2, -0.15) is 5.10 Å². The first kappa shape index (κ1) is 14.4. The molecule has 1 aromatic rings. The lowest BCUT2D eigenvalue weighted by Gasteiger charge is -2.25. The number of methoxy groups -OCH3 is 2. The Morgan fingerprint density at radius 2 is 2.18 bits per heavy atom. The van der Waals surface area contributed by atoms with Gasteiger partial charge in [0.1, 0.15) is 6.04 Å². The summed E-state index contributed by atoms with van der Waals surface area (Å²) in [4.78, 5) is 0. The first-order chi connectivity index (χ1) is 8.19. The van der Waals surface area contributed by atoms with Crippen LogP contribution in [0.1, 0.15) is 25.1 Å². The molecule has 0 aliphatic rings. The third-order valence-electron chi connectivity index (χ3n) is 2.48. The van der Waals surface area contributed by atoms with Crippen LogP contribution in [0.2, 0.25) is 5.02 Å². The third kappa shape index (κ3) is 3.17. The van der Waals surface area contributed by atoms with Crippen molar-refractivity contribution in [3.8, 4) is 0 Å². The molecule has 98 valence electrons. The molecule has 1 atom stereocenters. The minimum atomic E-state index is -0.523. The molecule has 0 aliphatic heterocycles. The first-order valence-corrected chi connectivity index (χ1v) is 5.80. The summed E-state index contributed by atoms with van der Waals surface area (Å²) in [5.74, 6) is 5.54. The number of nitrogens with one attached hydrogen (secondary N) is 1. The second kappa shape index (κ2) is 6.93. The molecule has 0 saturated carbocycles. The van der Waals surface area contributed by atoms with Crippen molar-refractivity contribution in [2.24, 2.45) is 5.84 Å². The second-order valence-corrected chi connectivity index (χ2v) is 3.99. The molecule has 1 aromatic heterocycles. The second-order valence-electron chi connectivity index (χ2n) is 3.59. The number of halogens is 1. The van der Waals surface area contributed by atoms with E-state index in [0.717, 1.165) is 18.7 Å². The molecule has 0 saturated heterocycles. The predicted octanol–water partition coefficient (Wildman–Crippen LogP) is 1.07. The summed E-state index contributed by atoms with van der Waals surface area (Å²) in [5.41, 5.74) is 3.42. The predicted molar refractivity (Wildman–Crippen MR) is 65.4 cm³/mol. The van der Waals surface area contributed by atoms with E-state index < -0.39 is 6.29 Å². The van der Waals surface area contributed by atoms with Gasteiger partial charge in [0, 0.05) is 20.8 Å². The molecule has 0 spiro atoms. The third-order valence-corrected chi connectivity index (χ3v) is 2.77. The molecule has 6 nitrogen and oxygen atoms in total. The van der Waals surface area contributed by atoms with Gasteiger partial charge < -0.3 is 9.47 Å². The van der Waals surface area contributed by atoms with E-state index in [2.05, 4.69) is 17.4 Å². The SMILES string of the molecule is CCCn1ncc(Cl)c1C(NN)C(OC)OC. The summed E-state index contributed by atoms with van der Waals surface area (Å²) in [6, 6.07) is -0.369. The van der Waals surface area contributed by atoms with E-state index in [0.29, 0.717) is 5.02 Å². The number of nitrogens with zero attached hydrogens (tertiary/aromatic N) is 2. The average Bonchev–Trinajstić information content (AvgIpc) is 2.68. The maximum absolute atomic E-state index is 6.12. The minimum absolute atomic E-state index is 0.369. The highest BCUT2D eigenvalue weighted by Crippen LogP contribution is 2.26. The van der Waals surface area contributed by atoms with Gasteiger partial charge in [-0.15, -0.1) is 0 Å². The Morgan fingerprint density at radius 1 is 1.53 bits per heavy atom. The molecule has 7 heteroatoms. The number of hydrogen-bond acceptors (Lipinski definition) is 5. The number of hydrogen-bond donors (Lipinski definition) is 2. The maximum Gasteiger partial charge on any atom is 0.179 e. The first-order valence-electron chi connectivity index (χ1n) is 5.42. The van der Waals surface area contributed by atoms with Crippen LogP contribution in [-0.2, 0) is 16.0 Å². The Hall–Kier alpha value is -0.660. The fraction of sp³-hybridized carbons (Fsp3) is 0.700. The lowest BCUT2D eigenvalue weighted by atomic mass is 10.2. The van der Waals surface area contributed by atoms with Crippen LogP contribution in [-0.4, -0.2) is 30.3 Å². The lowest BCUT2D eigenvalue weighted by Crippen LogP contribution is -2.40. The summed E-state index contributed by atoms with van der Waals surface area (Å²) < 4.78 is 12.2. The Bertz CT molecular complexity index is 341. The van der Waals surface area contributed by atoms with Crippen molar-refractivity contribution in [2.45, 2.75) is 32.2 Å². The molecule has 0 bridgehead atoms. The van der Waals surface area contributed by atoms with Gasteiger partial charge in [-0.05, 0) is 6.42 Å². The zero-order valence-electron chi connectivity index (χ0n) is 10.3. The fourth-order valence-corrected chi connectivity index (χ4v) is 1.98. The Morgan fingerprint density at radius 3 is 2.65 bits per heavy atom. The van der Waals surface area contributed by atoms with E-state index in [-0.39, 0.29) is 6.04 Å². The van der Waals surface area contributed by atoms with E-state index in [4.69, 9.17) is 26.9 Å². The van der Waals surface area contributed by atoms with Crippen LogP contribution in [0.3, 0.4) is 0 Å². The summed E-state index contributed by atoms with van der Waals surface area (Å²) in [5, 5.41) is 4.75. The quantitative estimate of drug-likeness (QED) is 0.437. The molecule has 17 heavy (non-hydrogen) atoms. The molecule has 0 fully saturated rings. The van der Waals surface area contributed by atoms with E-state index in [9.17, 15) is 0 Å². The monoisotopic (exact) mass is 262 g/mol. The van der Waals surface area contributed by atoms with E-state index in [1.165, 1.54) is 0 Å². The van der Waals surface area contributed by atoms with Crippen molar-refractivity contribution >= 4 is 11.6 Å². The van der Waals surface area contributed by atoms with Gasteiger partial charge in [0.15, 0.2) is 6.29 Å². The standard InChI is InChI=1S/C10H19ClN4O2/c1-4-5-15-9(7(11)6-13-15)8(14-12)10(16-2)17-3/h6,8,10,14H,4-5,12H2,1-3H3. The summed E-state index contributed by atoms with van der Waals surface area (Å²) >= 11 is 6.12. The van der Waals surface area contributed by atoms with Crippen molar-refractivity contribution < 1.29 is 9.47 Å². The van der Waals surface area contributed by atoms with Crippen molar-refractivity contribution in [3.63, 3.8) is 0 Å². The topological polar surface area (TPSA) is 74.3 Å². The number of nitrogens with two attached hydrogens (primary N) is 1. The molecule has 1 unspecified atom stereocenters. The molecule has 0 aliphatic carbocycles. The molecular weight excluding hydrogens is 244 g/mol. The lowest BCUT2D eigenvalue weighted by molar-refractivity contribution is -0.125. The van der Waals surface area contributed by atoms with Crippen LogP contribution in [0.4, 0.5) is 0 Å². The van der Waals surface area contributed by atoms with Crippen molar-refractivity contribution in [3.05, 3.63) is 16.9 Å². The van der Waals surface area contributed by atoms with Gasteiger partial charge in [0.05, 0.1) is 16.9 Å². The largest absolute Gasteiger partial charge is 0.354 e. The van der Waals surface area contributed by atoms with Gasteiger partial charge in [-0.1, -0.05) is 18.5 Å². The van der Waals surface area contributed by atoms with Crippen molar-refractivity contribution in [1.29, 1.82) is 0 Å². The number of aromatic nitrogens is 2. The summed E-state index contributed by atoms with van der Waals surface area (Å²) in [7, 11) is 3.10. The van der Waals surface area contributed by atoms with Crippen LogP contribution in [0.25, 0.3) is 0 Å². The molecule has 0 aromatic carbocycles. The highest BCUT2D eigenvalue weighted by atomic mass is 35.5. The van der Waals surface area contributed by atoms with Crippen LogP contribution < -0.4 is 11.3 Å². The molecular formula is C10H19ClN4O2. The summed E-state index contributed by atoms with van der Waals surface area (Å²) in [6.45, 7) is 2.83. The number of rotatable bonds is 7. The zero-order valence-corrected chi connectivity index (χ0v) is 11.1. The minimum Gasteiger partial charge on any atom is -0.354 e. The zero-order chi connectivity index (χ0) is 12.8. The van der Waals surface area contributed by atoms with Gasteiger partial charge >= 0.3 is 0 Å². The normalized spacial score (nSPS) is 13.3. The number of ether oxygens (including phenoxy) is 2. The van der Waals surface area contributed by atoms with Gasteiger partial charge in [0.2, 0.25) is 0 Å². The van der Waals surface area contributed by atoms with Crippen LogP contribution in [0.15, 0.2) is 6.20 Å². The van der Waals surface area contributed by atoms with Crippen LogP contribution in [0, 0.1) is 0 Å². The van der Waals surface area contributed by atoms with E-state index in [1.807, 2.05) is 0 Å². The Balaban J connectivity index is 3.04. The molecule has 0 amide bonds. The summed E-state index contributed by atoms with van der Waals surface area (Å²) in [6.07, 6.45) is 2.02. The Labute approximate surface area is 106 Å². The highest BCUT2D eigenvalue weighted by Gasteiger charge is 2.27. The Kier molecular flexibility index (Phi) is 5.87. The van der Waals surface area contributed by atoms with Crippen LogP contribution in [0.5, 0.6) is 0 Å². The number of hydrazine groups is 1. The van der Waals surface area contributed by atoms with E-state index >= 15 is 0 Å². The van der Waals surface area contributed by atoms with Crippen molar-refractivity contribution in [2.75, 3.05) is 14.2 Å². The van der Waals surface area contributed by atoms with Gasteiger partial charge in [-0.25, -0.2) is 5.43 Å². The highest BCUT2D eigenvalue weighted by molar-refractivity contribution is 6.31. The fourth-order valence-electron chi connectivity index (χ4n) is 1.73. The van der Waals surface area contributed by atoms with Crippen LogP contribution >= 0.6 is 11.6 Å². The molecule has 1 rings (SSSR count). The molecule has 3 N–H and O–H groups in total. The maximum atomic E-state index is 6.12.